The number of benzene rings is 11. The first kappa shape index (κ1) is 42.5. The highest BCUT2D eigenvalue weighted by atomic mass is 16.3. The number of hydrogen-bond donors (Lipinski definition) is 0. The van der Waals surface area contributed by atoms with E-state index < -0.39 is 0 Å². The zero-order chi connectivity index (χ0) is 51.7. The SMILES string of the molecule is [C-]#[N+]c1c(C#N)c(-n2c3ccc(C)cc3c3ccc4c5ccccc5oc4c32)c(-n2c3ccccc3c3ccccc32)c(-n2c3ccccc3c3ccccc32)c1-n1c2ccc(C)cc2c2ccc3c4ccccc4oc3c21. The van der Waals surface area contributed by atoms with Crippen molar-refractivity contribution in [3.8, 4) is 28.8 Å². The number of hydrogen-bond acceptors (Lipinski definition) is 3. The van der Waals surface area contributed by atoms with Crippen molar-refractivity contribution in [1.29, 1.82) is 5.26 Å². The van der Waals surface area contributed by atoms with Crippen LogP contribution >= 0.6 is 0 Å². The molecule has 0 saturated heterocycles. The molecule has 0 aliphatic heterocycles. The molecular formula is C70H40N6O2. The Balaban J connectivity index is 1.23. The van der Waals surface area contributed by atoms with E-state index >= 15 is 0 Å². The summed E-state index contributed by atoms with van der Waals surface area (Å²) < 4.78 is 23.3. The summed E-state index contributed by atoms with van der Waals surface area (Å²) in [4.78, 5) is 4.69. The Morgan fingerprint density at radius 2 is 0.718 bits per heavy atom. The lowest BCUT2D eigenvalue weighted by atomic mass is 10.0. The molecule has 0 amide bonds. The van der Waals surface area contributed by atoms with E-state index in [0.29, 0.717) is 33.9 Å². The summed E-state index contributed by atoms with van der Waals surface area (Å²) in [6, 6.07) is 75.1. The van der Waals surface area contributed by atoms with E-state index in [9.17, 15) is 11.8 Å². The van der Waals surface area contributed by atoms with Crippen LogP contribution in [0.25, 0.3) is 159 Å². The average Bonchev–Trinajstić information content (AvgIpc) is 3.84. The number of aromatic nitrogens is 4. The highest BCUT2D eigenvalue weighted by Gasteiger charge is 2.36. The van der Waals surface area contributed by atoms with E-state index in [1.54, 1.807) is 0 Å². The number of aryl methyl sites for hydroxylation is 2. The zero-order valence-electron chi connectivity index (χ0n) is 42.1. The lowest BCUT2D eigenvalue weighted by Crippen LogP contribution is -2.15. The Labute approximate surface area is 444 Å². The molecule has 362 valence electrons. The molecule has 0 saturated carbocycles. The van der Waals surface area contributed by atoms with Crippen LogP contribution in [-0.2, 0) is 0 Å². The Kier molecular flexibility index (Phi) is 8.40. The minimum atomic E-state index is 0.195. The van der Waals surface area contributed by atoms with Gasteiger partial charge in [0.15, 0.2) is 11.2 Å². The van der Waals surface area contributed by atoms with Crippen LogP contribution < -0.4 is 0 Å². The topological polar surface area (TPSA) is 74.2 Å². The second kappa shape index (κ2) is 15.4. The van der Waals surface area contributed by atoms with Crippen LogP contribution in [0.1, 0.15) is 16.7 Å². The molecule has 78 heavy (non-hydrogen) atoms. The maximum absolute atomic E-state index is 12.5. The van der Waals surface area contributed by atoms with Gasteiger partial charge >= 0.3 is 0 Å². The molecule has 0 aliphatic rings. The predicted molar refractivity (Wildman–Crippen MR) is 319 cm³/mol. The second-order valence-electron chi connectivity index (χ2n) is 20.7. The van der Waals surface area contributed by atoms with Gasteiger partial charge in [0.25, 0.3) is 0 Å². The van der Waals surface area contributed by atoms with E-state index in [4.69, 9.17) is 8.83 Å². The van der Waals surface area contributed by atoms with Crippen LogP contribution in [0.15, 0.2) is 215 Å². The quantitative estimate of drug-likeness (QED) is 0.165. The molecule has 0 aliphatic carbocycles. The van der Waals surface area contributed by atoms with Crippen molar-refractivity contribution in [2.75, 3.05) is 0 Å². The smallest absolute Gasteiger partial charge is 0.232 e. The highest BCUT2D eigenvalue weighted by Crippen LogP contribution is 2.53. The molecule has 17 aromatic rings. The molecule has 0 spiro atoms. The van der Waals surface area contributed by atoms with E-state index in [0.717, 1.165) is 131 Å². The molecule has 0 fully saturated rings. The summed E-state index contributed by atoms with van der Waals surface area (Å²) in [5, 5.41) is 24.6. The van der Waals surface area contributed by atoms with Crippen molar-refractivity contribution in [3.63, 3.8) is 0 Å². The van der Waals surface area contributed by atoms with Crippen LogP contribution in [0, 0.1) is 31.8 Å². The fourth-order valence-electron chi connectivity index (χ4n) is 13.3. The molecule has 0 atom stereocenters. The van der Waals surface area contributed by atoms with Crippen LogP contribution in [0.4, 0.5) is 5.69 Å². The van der Waals surface area contributed by atoms with Crippen LogP contribution in [0.3, 0.4) is 0 Å². The van der Waals surface area contributed by atoms with Crippen molar-refractivity contribution in [2.45, 2.75) is 13.8 Å². The Morgan fingerprint density at radius 3 is 1.14 bits per heavy atom. The first-order valence-corrected chi connectivity index (χ1v) is 26.2. The highest BCUT2D eigenvalue weighted by molar-refractivity contribution is 6.25. The van der Waals surface area contributed by atoms with Crippen molar-refractivity contribution in [1.82, 2.24) is 18.3 Å². The van der Waals surface area contributed by atoms with Gasteiger partial charge < -0.3 is 27.1 Å². The molecule has 0 radical (unpaired) electrons. The van der Waals surface area contributed by atoms with E-state index in [1.165, 1.54) is 0 Å². The molecule has 0 N–H and O–H groups in total. The third-order valence-corrected chi connectivity index (χ3v) is 16.5. The standard InChI is InChI=1S/C70H40N6O2/c1-39-28-34-58-51(36-39)47-30-32-49-45-20-8-14-26-60(45)77-69(49)64(47)75(58)63-53(38-71)62(72-3)66(76-59-35-29-40(2)37-52(59)48-31-33-50-46-21-9-15-27-61(46)78-70(50)65(48)76)68(74-56-24-12-6-18-43(56)44-19-7-13-25-57(44)74)67(63)73-54-22-10-4-16-41(54)42-17-5-11-23-55(42)73/h4-37H,1-2H3. The number of rotatable bonds is 4. The average molecular weight is 997 g/mol. The van der Waals surface area contributed by atoms with Crippen molar-refractivity contribution in [2.24, 2.45) is 0 Å². The molecule has 11 aromatic carbocycles. The summed E-state index contributed by atoms with van der Waals surface area (Å²) in [7, 11) is 0. The van der Waals surface area contributed by atoms with Gasteiger partial charge in [0, 0.05) is 64.6 Å². The van der Waals surface area contributed by atoms with Gasteiger partial charge in [-0.2, -0.15) is 5.26 Å². The van der Waals surface area contributed by atoms with Crippen molar-refractivity contribution >= 4 is 137 Å². The van der Waals surface area contributed by atoms with Gasteiger partial charge in [0.2, 0.25) is 5.69 Å². The van der Waals surface area contributed by atoms with Gasteiger partial charge in [-0.1, -0.05) is 145 Å². The summed E-state index contributed by atoms with van der Waals surface area (Å²) in [6.07, 6.45) is 0. The molecule has 6 aromatic heterocycles. The summed E-state index contributed by atoms with van der Waals surface area (Å²) in [5.41, 5.74) is 15.1. The molecule has 0 bridgehead atoms. The second-order valence-corrected chi connectivity index (χ2v) is 20.7. The van der Waals surface area contributed by atoms with Gasteiger partial charge in [0.1, 0.15) is 11.2 Å². The number of furan rings is 2. The Bertz CT molecular complexity index is 5180. The van der Waals surface area contributed by atoms with Crippen molar-refractivity contribution in [3.05, 3.63) is 234 Å². The van der Waals surface area contributed by atoms with Crippen LogP contribution in [0.5, 0.6) is 0 Å². The Morgan fingerprint density at radius 1 is 0.359 bits per heavy atom. The van der Waals surface area contributed by atoms with E-state index in [-0.39, 0.29) is 11.3 Å². The zero-order valence-corrected chi connectivity index (χ0v) is 42.1. The largest absolute Gasteiger partial charge is 0.454 e. The monoisotopic (exact) mass is 996 g/mol. The third-order valence-electron chi connectivity index (χ3n) is 16.5. The summed E-state index contributed by atoms with van der Waals surface area (Å²) in [5.74, 6) is 0. The lowest BCUT2D eigenvalue weighted by molar-refractivity contribution is 0.670. The van der Waals surface area contributed by atoms with Gasteiger partial charge in [0.05, 0.1) is 85.1 Å². The maximum Gasteiger partial charge on any atom is 0.232 e. The van der Waals surface area contributed by atoms with Gasteiger partial charge in [-0.3, -0.25) is 0 Å². The Hall–Kier alpha value is -10.8. The summed E-state index contributed by atoms with van der Waals surface area (Å²) in [6.45, 7) is 14.0. The van der Waals surface area contributed by atoms with E-state index in [1.807, 2.05) is 36.4 Å². The number of nitrogens with zero attached hydrogens (tertiary/aromatic N) is 6. The van der Waals surface area contributed by atoms with E-state index in [2.05, 4.69) is 213 Å². The third kappa shape index (κ3) is 5.39. The molecule has 0 unspecified atom stereocenters. The summed E-state index contributed by atoms with van der Waals surface area (Å²) >= 11 is 0. The molecule has 8 nitrogen and oxygen atoms in total. The molecule has 17 rings (SSSR count). The van der Waals surface area contributed by atoms with Crippen LogP contribution in [0.2, 0.25) is 0 Å². The number of para-hydroxylation sites is 6. The normalized spacial score (nSPS) is 12.2. The predicted octanol–water partition coefficient (Wildman–Crippen LogP) is 18.9. The number of fused-ring (bicyclic) bond motifs is 20. The first-order chi connectivity index (χ1) is 38.5. The van der Waals surface area contributed by atoms with Gasteiger partial charge in [-0.25, -0.2) is 4.85 Å². The molecule has 8 heteroatoms. The lowest BCUT2D eigenvalue weighted by Gasteiger charge is -2.28. The maximum atomic E-state index is 12.5. The van der Waals surface area contributed by atoms with Crippen LogP contribution in [-0.4, -0.2) is 18.3 Å². The minimum Gasteiger partial charge on any atom is -0.454 e. The fourth-order valence-corrected chi connectivity index (χ4v) is 13.3. The molecule has 6 heterocycles. The number of nitriles is 1. The van der Waals surface area contributed by atoms with Gasteiger partial charge in [-0.05, 0) is 86.6 Å². The minimum absolute atomic E-state index is 0.195. The van der Waals surface area contributed by atoms with Gasteiger partial charge in [-0.15, -0.1) is 0 Å². The fraction of sp³-hybridized carbons (Fsp3) is 0.0286. The molecular weight excluding hydrogens is 957 g/mol. The van der Waals surface area contributed by atoms with Crippen molar-refractivity contribution < 1.29 is 8.83 Å². The first-order valence-electron chi connectivity index (χ1n) is 26.2.